The van der Waals surface area contributed by atoms with Crippen LogP contribution in [0.25, 0.3) is 11.1 Å². The summed E-state index contributed by atoms with van der Waals surface area (Å²) < 4.78 is 19.8. The zero-order valence-corrected chi connectivity index (χ0v) is 17.7. The van der Waals surface area contributed by atoms with Crippen molar-refractivity contribution in [2.75, 3.05) is 6.26 Å². The van der Waals surface area contributed by atoms with Crippen molar-refractivity contribution in [3.8, 4) is 16.9 Å². The second-order valence-corrected chi connectivity index (χ2v) is 8.51. The Labute approximate surface area is 168 Å². The highest BCUT2D eigenvalue weighted by molar-refractivity contribution is 7.84. The minimum absolute atomic E-state index is 0.0227. The Hall–Kier alpha value is -2.66. The van der Waals surface area contributed by atoms with Crippen molar-refractivity contribution in [2.24, 2.45) is 7.05 Å². The maximum Gasteiger partial charge on any atom is 0.253 e. The molecular weight excluding hydrogens is 370 g/mol. The quantitative estimate of drug-likeness (QED) is 0.647. The smallest absolute Gasteiger partial charge is 0.253 e. The van der Waals surface area contributed by atoms with Crippen LogP contribution in [0.3, 0.4) is 0 Å². The van der Waals surface area contributed by atoms with Gasteiger partial charge in [-0.25, -0.2) is 0 Å². The van der Waals surface area contributed by atoms with Gasteiger partial charge >= 0.3 is 0 Å². The molecule has 3 aromatic rings. The van der Waals surface area contributed by atoms with Gasteiger partial charge in [-0.2, -0.15) is 0 Å². The van der Waals surface area contributed by atoms with E-state index in [9.17, 15) is 9.00 Å². The lowest BCUT2D eigenvalue weighted by molar-refractivity contribution is 0.304. The molecule has 0 N–H and O–H groups in total. The van der Waals surface area contributed by atoms with Crippen molar-refractivity contribution >= 4 is 10.8 Å². The molecule has 1 unspecified atom stereocenters. The zero-order valence-electron chi connectivity index (χ0n) is 16.9. The molecule has 0 aliphatic rings. The average Bonchev–Trinajstić information content (AvgIpc) is 2.65. The Bertz CT molecular complexity index is 1070. The minimum atomic E-state index is -1.14. The van der Waals surface area contributed by atoms with E-state index < -0.39 is 10.8 Å². The van der Waals surface area contributed by atoms with Crippen molar-refractivity contribution in [2.45, 2.75) is 32.3 Å². The molecule has 0 saturated heterocycles. The number of nitrogens with zero attached hydrogens (tertiary/aromatic N) is 1. The Kier molecular flexibility index (Phi) is 5.84. The van der Waals surface area contributed by atoms with Gasteiger partial charge in [-0.05, 0) is 72.9 Å². The third-order valence-corrected chi connectivity index (χ3v) is 5.83. The van der Waals surface area contributed by atoms with Gasteiger partial charge in [-0.1, -0.05) is 18.2 Å². The molecule has 1 atom stereocenters. The van der Waals surface area contributed by atoms with Crippen molar-refractivity contribution in [3.05, 3.63) is 81.3 Å². The van der Waals surface area contributed by atoms with Crippen LogP contribution in [0.2, 0.25) is 0 Å². The van der Waals surface area contributed by atoms with Crippen LogP contribution in [0.15, 0.2) is 58.4 Å². The molecule has 3 rings (SSSR count). The summed E-state index contributed by atoms with van der Waals surface area (Å²) in [6, 6.07) is 13.7. The molecule has 0 aliphatic heterocycles. The van der Waals surface area contributed by atoms with Crippen LogP contribution in [0.4, 0.5) is 0 Å². The van der Waals surface area contributed by atoms with Crippen molar-refractivity contribution in [1.29, 1.82) is 0 Å². The summed E-state index contributed by atoms with van der Waals surface area (Å²) in [7, 11) is 0.591. The first kappa shape index (κ1) is 20.1. The predicted molar refractivity (Wildman–Crippen MR) is 114 cm³/mol. The van der Waals surface area contributed by atoms with Gasteiger partial charge in [0, 0.05) is 40.8 Å². The third kappa shape index (κ3) is 4.25. The van der Waals surface area contributed by atoms with Gasteiger partial charge in [0.25, 0.3) is 5.56 Å². The fraction of sp³-hybridized carbons (Fsp3) is 0.261. The van der Waals surface area contributed by atoms with Crippen LogP contribution >= 0.6 is 0 Å². The molecule has 28 heavy (non-hydrogen) atoms. The lowest BCUT2D eigenvalue weighted by Crippen LogP contribution is -2.18. The molecule has 2 aromatic carbocycles. The summed E-state index contributed by atoms with van der Waals surface area (Å²) in [6.07, 6.45) is 3.45. The maximum absolute atomic E-state index is 12.2. The minimum Gasteiger partial charge on any atom is -0.489 e. The van der Waals surface area contributed by atoms with Crippen LogP contribution in [0, 0.1) is 20.8 Å². The summed E-state index contributed by atoms with van der Waals surface area (Å²) in [5, 5.41) is 0. The van der Waals surface area contributed by atoms with Gasteiger partial charge in [-0.15, -0.1) is 0 Å². The van der Waals surface area contributed by atoms with Gasteiger partial charge in [-0.3, -0.25) is 9.00 Å². The van der Waals surface area contributed by atoms with E-state index in [1.165, 1.54) is 11.1 Å². The summed E-state index contributed by atoms with van der Waals surface area (Å²) in [5.41, 5.74) is 5.94. The largest absolute Gasteiger partial charge is 0.489 e. The second-order valence-electron chi connectivity index (χ2n) is 7.13. The standard InChI is InChI=1S/C23H25NO3S/c1-15-7-6-8-16(2)22(15)14-27-20-10-18(11-21(12-20)28(5)26)19-9-17(3)23(25)24(4)13-19/h6-13H,14H2,1-5H3. The first-order valence-corrected chi connectivity index (χ1v) is 10.7. The number of rotatable bonds is 5. The van der Waals surface area contributed by atoms with E-state index in [0.717, 1.165) is 16.7 Å². The topological polar surface area (TPSA) is 48.3 Å². The van der Waals surface area contributed by atoms with E-state index in [1.54, 1.807) is 31.0 Å². The molecule has 1 aromatic heterocycles. The Morgan fingerprint density at radius 3 is 2.25 bits per heavy atom. The maximum atomic E-state index is 12.2. The average molecular weight is 396 g/mol. The lowest BCUT2D eigenvalue weighted by Gasteiger charge is -2.14. The first-order valence-electron chi connectivity index (χ1n) is 9.10. The number of pyridine rings is 1. The van der Waals surface area contributed by atoms with E-state index in [4.69, 9.17) is 4.74 Å². The van der Waals surface area contributed by atoms with Crippen LogP contribution < -0.4 is 10.3 Å². The number of ether oxygens (including phenoxy) is 1. The van der Waals surface area contributed by atoms with E-state index in [0.29, 0.717) is 22.8 Å². The van der Waals surface area contributed by atoms with Crippen LogP contribution in [0.1, 0.15) is 22.3 Å². The van der Waals surface area contributed by atoms with E-state index >= 15 is 0 Å². The molecular formula is C23H25NO3S. The summed E-state index contributed by atoms with van der Waals surface area (Å²) in [6.45, 7) is 6.39. The van der Waals surface area contributed by atoms with Crippen LogP contribution in [-0.2, 0) is 24.5 Å². The van der Waals surface area contributed by atoms with Crippen LogP contribution in [-0.4, -0.2) is 15.0 Å². The molecule has 1 heterocycles. The number of hydrogen-bond acceptors (Lipinski definition) is 3. The molecule has 0 saturated carbocycles. The first-order chi connectivity index (χ1) is 13.3. The highest BCUT2D eigenvalue weighted by atomic mass is 32.2. The summed E-state index contributed by atoms with van der Waals surface area (Å²) in [5.74, 6) is 0.664. The Balaban J connectivity index is 2.01. The van der Waals surface area contributed by atoms with Crippen molar-refractivity contribution in [1.82, 2.24) is 4.57 Å². The molecule has 4 nitrogen and oxygen atoms in total. The Morgan fingerprint density at radius 2 is 1.64 bits per heavy atom. The SMILES string of the molecule is Cc1cccc(C)c1COc1cc(-c2cc(C)c(=O)n(C)c2)cc(S(C)=O)c1. The van der Waals surface area contributed by atoms with E-state index in [1.807, 2.05) is 30.3 Å². The zero-order chi connectivity index (χ0) is 20.4. The molecule has 0 aliphatic carbocycles. The highest BCUT2D eigenvalue weighted by Crippen LogP contribution is 2.28. The lowest BCUT2D eigenvalue weighted by atomic mass is 10.0. The molecule has 0 amide bonds. The fourth-order valence-electron chi connectivity index (χ4n) is 3.26. The molecule has 0 fully saturated rings. The molecule has 146 valence electrons. The van der Waals surface area contributed by atoms with Crippen LogP contribution in [0.5, 0.6) is 5.75 Å². The molecule has 5 heteroatoms. The molecule has 0 radical (unpaired) electrons. The highest BCUT2D eigenvalue weighted by Gasteiger charge is 2.10. The number of hydrogen-bond donors (Lipinski definition) is 0. The number of aryl methyl sites for hydroxylation is 4. The van der Waals surface area contributed by atoms with Gasteiger partial charge in [0.15, 0.2) is 0 Å². The van der Waals surface area contributed by atoms with Gasteiger partial charge in [0.2, 0.25) is 0 Å². The summed E-state index contributed by atoms with van der Waals surface area (Å²) in [4.78, 5) is 12.7. The Morgan fingerprint density at radius 1 is 0.964 bits per heavy atom. The van der Waals surface area contributed by atoms with Gasteiger partial charge < -0.3 is 9.30 Å². The summed E-state index contributed by atoms with van der Waals surface area (Å²) >= 11 is 0. The van der Waals surface area contributed by atoms with E-state index in [2.05, 4.69) is 26.0 Å². The van der Waals surface area contributed by atoms with E-state index in [-0.39, 0.29) is 5.56 Å². The molecule has 0 spiro atoms. The number of aromatic nitrogens is 1. The normalized spacial score (nSPS) is 12.0. The number of benzene rings is 2. The van der Waals surface area contributed by atoms with Gasteiger partial charge in [0.05, 0.1) is 0 Å². The second kappa shape index (κ2) is 8.15. The van der Waals surface area contributed by atoms with Crippen molar-refractivity contribution in [3.63, 3.8) is 0 Å². The predicted octanol–water partition coefficient (Wildman–Crippen LogP) is 4.29. The molecule has 0 bridgehead atoms. The van der Waals surface area contributed by atoms with Gasteiger partial charge in [0.1, 0.15) is 12.4 Å². The third-order valence-electron chi connectivity index (χ3n) is 4.94. The van der Waals surface area contributed by atoms with Crippen molar-refractivity contribution < 1.29 is 8.95 Å². The monoisotopic (exact) mass is 395 g/mol. The fourth-order valence-corrected chi connectivity index (χ4v) is 3.83.